The lowest BCUT2D eigenvalue weighted by molar-refractivity contribution is 0.0383. The first-order valence-electron chi connectivity index (χ1n) is 17.7. The molecule has 6 aromatic rings. The highest BCUT2D eigenvalue weighted by Crippen LogP contribution is 2.17. The van der Waals surface area contributed by atoms with E-state index in [4.69, 9.17) is 4.74 Å². The molecule has 0 unspecified atom stereocenters. The second-order valence-electron chi connectivity index (χ2n) is 12.6. The highest BCUT2D eigenvalue weighted by atomic mass is 16.5. The smallest absolute Gasteiger partial charge is 0.270 e. The molecule has 0 aliphatic carbocycles. The summed E-state index contributed by atoms with van der Waals surface area (Å²) in [5.74, 6) is 3.42. The lowest BCUT2D eigenvalue weighted by Gasteiger charge is -2.26. The quantitative estimate of drug-likeness (QED) is 0.0970. The zero-order valence-electron chi connectivity index (χ0n) is 30.6. The number of hydrogen-bond donors (Lipinski definition) is 5. The number of carbonyl (C=O) groups excluding carboxylic acids is 1. The Bertz CT molecular complexity index is 2150. The van der Waals surface area contributed by atoms with Crippen LogP contribution in [0, 0.1) is 20.8 Å². The van der Waals surface area contributed by atoms with Crippen LogP contribution in [0.4, 0.5) is 23.3 Å². The zero-order valence-corrected chi connectivity index (χ0v) is 30.6. The number of carbonyl (C=O) groups is 1. The van der Waals surface area contributed by atoms with Crippen molar-refractivity contribution in [3.8, 4) is 0 Å². The van der Waals surface area contributed by atoms with Gasteiger partial charge in [-0.2, -0.15) is 10.2 Å². The second kappa shape index (κ2) is 18.8. The average Bonchev–Trinajstić information content (AvgIpc) is 3.80. The van der Waals surface area contributed by atoms with Gasteiger partial charge in [-0.25, -0.2) is 19.9 Å². The Kier molecular flexibility index (Phi) is 13.0. The van der Waals surface area contributed by atoms with Crippen LogP contribution in [0.3, 0.4) is 0 Å². The van der Waals surface area contributed by atoms with Gasteiger partial charge in [0, 0.05) is 62.0 Å². The first kappa shape index (κ1) is 37.3. The summed E-state index contributed by atoms with van der Waals surface area (Å²) in [7, 11) is 0. The predicted octanol–water partition coefficient (Wildman–Crippen LogP) is 6.21. The molecule has 0 radical (unpaired) electrons. The van der Waals surface area contributed by atoms with Crippen molar-refractivity contribution in [2.24, 2.45) is 0 Å². The zero-order chi connectivity index (χ0) is 37.5. The van der Waals surface area contributed by atoms with Crippen LogP contribution in [0.15, 0.2) is 85.1 Å². The summed E-state index contributed by atoms with van der Waals surface area (Å²) in [5.41, 5.74) is 5.55. The van der Waals surface area contributed by atoms with Gasteiger partial charge in [-0.15, -0.1) is 0 Å². The Morgan fingerprint density at radius 2 is 1.35 bits per heavy atom. The molecule has 0 spiro atoms. The van der Waals surface area contributed by atoms with Crippen molar-refractivity contribution < 1.29 is 9.53 Å². The Hall–Kier alpha value is -6.51. The van der Waals surface area contributed by atoms with Gasteiger partial charge in [0.25, 0.3) is 5.91 Å². The van der Waals surface area contributed by atoms with Gasteiger partial charge in [-0.1, -0.05) is 72.3 Å². The first-order valence-corrected chi connectivity index (χ1v) is 17.7. The number of nitrogens with zero attached hydrogens (tertiary/aromatic N) is 7. The minimum atomic E-state index is -0.239. The number of rotatable bonds is 12. The van der Waals surface area contributed by atoms with Crippen LogP contribution < -0.4 is 16.0 Å². The summed E-state index contributed by atoms with van der Waals surface area (Å²) >= 11 is 0. The van der Waals surface area contributed by atoms with E-state index in [0.29, 0.717) is 41.3 Å². The third kappa shape index (κ3) is 11.8. The molecule has 2 aromatic carbocycles. The van der Waals surface area contributed by atoms with Crippen LogP contribution >= 0.6 is 0 Å². The number of aromatic nitrogens is 8. The van der Waals surface area contributed by atoms with E-state index >= 15 is 0 Å². The molecule has 14 nitrogen and oxygen atoms in total. The van der Waals surface area contributed by atoms with E-state index in [9.17, 15) is 4.79 Å². The third-order valence-electron chi connectivity index (χ3n) is 8.12. The molecule has 1 aliphatic rings. The Balaban J connectivity index is 0.000000203. The summed E-state index contributed by atoms with van der Waals surface area (Å²) < 4.78 is 5.37. The molecule has 5 heterocycles. The van der Waals surface area contributed by atoms with Crippen molar-refractivity contribution in [1.82, 2.24) is 50.5 Å². The van der Waals surface area contributed by atoms with E-state index in [2.05, 4.69) is 61.2 Å². The maximum atomic E-state index is 12.8. The number of morpholine rings is 1. The number of aryl methyl sites for hydroxylation is 3. The van der Waals surface area contributed by atoms with E-state index < -0.39 is 0 Å². The fourth-order valence-corrected chi connectivity index (χ4v) is 5.30. The van der Waals surface area contributed by atoms with Crippen molar-refractivity contribution in [1.29, 1.82) is 0 Å². The fourth-order valence-electron chi connectivity index (χ4n) is 5.30. The SMILES string of the molecule is Cc1cc(Nc2ccnc(/C=C/c3ccccc3)n2)n[nH]1.Cc1ccc(/C=C/c2nc(Nc3cc(C)[nH]n3)cc(C(=O)NCCN3CCOCC3)n2)cc1. The van der Waals surface area contributed by atoms with Gasteiger partial charge in [0.2, 0.25) is 0 Å². The van der Waals surface area contributed by atoms with Gasteiger partial charge in [-0.3, -0.25) is 19.9 Å². The summed E-state index contributed by atoms with van der Waals surface area (Å²) in [6.07, 6.45) is 9.32. The number of nitrogens with one attached hydrogen (secondary N) is 5. The predicted molar refractivity (Wildman–Crippen MR) is 212 cm³/mol. The third-order valence-corrected chi connectivity index (χ3v) is 8.12. The molecule has 7 rings (SSSR count). The van der Waals surface area contributed by atoms with Crippen molar-refractivity contribution in [3.05, 3.63) is 130 Å². The molecule has 0 saturated carbocycles. The van der Waals surface area contributed by atoms with Crippen molar-refractivity contribution in [2.75, 3.05) is 50.0 Å². The molecule has 1 fully saturated rings. The Morgan fingerprint density at radius 1 is 0.722 bits per heavy atom. The highest BCUT2D eigenvalue weighted by molar-refractivity contribution is 5.93. The molecule has 0 atom stereocenters. The molecule has 1 aliphatic heterocycles. The molecule has 276 valence electrons. The van der Waals surface area contributed by atoms with Crippen molar-refractivity contribution >= 4 is 53.5 Å². The van der Waals surface area contributed by atoms with Gasteiger partial charge in [-0.05, 0) is 50.1 Å². The number of ether oxygens (including phenoxy) is 1. The Labute approximate surface area is 314 Å². The van der Waals surface area contributed by atoms with Gasteiger partial charge < -0.3 is 20.7 Å². The molecule has 4 aromatic heterocycles. The van der Waals surface area contributed by atoms with E-state index in [-0.39, 0.29) is 5.91 Å². The number of anilines is 4. The lowest BCUT2D eigenvalue weighted by atomic mass is 10.1. The van der Waals surface area contributed by atoms with Gasteiger partial charge in [0.1, 0.15) is 17.3 Å². The fraction of sp³-hybridized carbons (Fsp3) is 0.225. The second-order valence-corrected chi connectivity index (χ2v) is 12.6. The molecule has 5 N–H and O–H groups in total. The summed E-state index contributed by atoms with van der Waals surface area (Å²) in [6, 6.07) is 25.4. The minimum absolute atomic E-state index is 0.239. The van der Waals surface area contributed by atoms with Crippen LogP contribution in [0.25, 0.3) is 24.3 Å². The number of benzene rings is 2. The van der Waals surface area contributed by atoms with Crippen LogP contribution in [-0.4, -0.2) is 90.5 Å². The van der Waals surface area contributed by atoms with Crippen LogP contribution in [0.1, 0.15) is 50.2 Å². The molecular weight excluding hydrogens is 681 g/mol. The van der Waals surface area contributed by atoms with Crippen LogP contribution in [0.2, 0.25) is 0 Å². The molecule has 14 heteroatoms. The molecular formula is C40H44N12O2. The largest absolute Gasteiger partial charge is 0.379 e. The van der Waals surface area contributed by atoms with E-state index in [1.165, 1.54) is 5.56 Å². The number of aromatic amines is 2. The highest BCUT2D eigenvalue weighted by Gasteiger charge is 2.14. The molecule has 1 saturated heterocycles. The number of amides is 1. The minimum Gasteiger partial charge on any atom is -0.379 e. The maximum absolute atomic E-state index is 12.8. The monoisotopic (exact) mass is 724 g/mol. The van der Waals surface area contributed by atoms with Gasteiger partial charge in [0.05, 0.1) is 13.2 Å². The normalized spacial score (nSPS) is 13.1. The molecule has 0 bridgehead atoms. The van der Waals surface area contributed by atoms with Crippen LogP contribution in [0.5, 0.6) is 0 Å². The van der Waals surface area contributed by atoms with E-state index in [1.54, 1.807) is 18.3 Å². The average molecular weight is 725 g/mol. The lowest BCUT2D eigenvalue weighted by Crippen LogP contribution is -2.41. The maximum Gasteiger partial charge on any atom is 0.270 e. The summed E-state index contributed by atoms with van der Waals surface area (Å²) in [6.45, 7) is 10.5. The van der Waals surface area contributed by atoms with Crippen LogP contribution in [-0.2, 0) is 4.74 Å². The first-order chi connectivity index (χ1) is 26.3. The molecule has 1 amide bonds. The van der Waals surface area contributed by atoms with Crippen molar-refractivity contribution in [2.45, 2.75) is 20.8 Å². The van der Waals surface area contributed by atoms with E-state index in [0.717, 1.165) is 61.2 Å². The number of hydrogen-bond acceptors (Lipinski definition) is 11. The summed E-state index contributed by atoms with van der Waals surface area (Å²) in [4.78, 5) is 32.8. The number of H-pyrrole nitrogens is 2. The topological polar surface area (TPSA) is 175 Å². The Morgan fingerprint density at radius 3 is 2.02 bits per heavy atom. The van der Waals surface area contributed by atoms with Gasteiger partial charge in [0.15, 0.2) is 23.3 Å². The standard InChI is InChI=1S/C24H29N7O2.C16H15N5/c1-17-3-5-19(6-4-17)7-8-21-26-20(16-22(27-21)28-23-15-18(2)29-30-23)24(32)25-9-10-31-11-13-33-14-12-31;1-12-11-16(21-20-12)19-15-9-10-17-14(18-15)8-7-13-5-3-2-4-6-13/h3-8,15-16H,9-14H2,1-2H3,(H,25,32)(H2,26,27,28,29,30);2-11H,1H3,(H2,17,18,19,20,21)/b2*8-7+. The molecule has 54 heavy (non-hydrogen) atoms. The summed E-state index contributed by atoms with van der Waals surface area (Å²) in [5, 5.41) is 23.3. The van der Waals surface area contributed by atoms with Gasteiger partial charge >= 0.3 is 0 Å². The van der Waals surface area contributed by atoms with Crippen molar-refractivity contribution in [3.63, 3.8) is 0 Å². The van der Waals surface area contributed by atoms with E-state index in [1.807, 2.05) is 112 Å².